The van der Waals surface area contributed by atoms with Crippen LogP contribution in [0.4, 0.5) is 0 Å². The van der Waals surface area contributed by atoms with Crippen LogP contribution >= 0.6 is 0 Å². The Morgan fingerprint density at radius 1 is 0.844 bits per heavy atom. The van der Waals surface area contributed by atoms with E-state index in [-0.39, 0.29) is 43.0 Å². The first-order valence-electron chi connectivity index (χ1n) is 10.8. The summed E-state index contributed by atoms with van der Waals surface area (Å²) in [5, 5.41) is 0. The van der Waals surface area contributed by atoms with Gasteiger partial charge < -0.3 is 29.6 Å². The molecule has 8 nitrogen and oxygen atoms in total. The summed E-state index contributed by atoms with van der Waals surface area (Å²) in [5.41, 5.74) is 5.29. The van der Waals surface area contributed by atoms with Crippen molar-refractivity contribution in [2.75, 3.05) is 13.2 Å². The van der Waals surface area contributed by atoms with Crippen molar-refractivity contribution in [3.8, 4) is 23.0 Å². The number of carbonyl (C=O) groups excluding carboxylic acids is 2. The molecule has 0 bridgehead atoms. The number of hydrogen-bond acceptors (Lipinski definition) is 6. The minimum Gasteiger partial charge on any atom is -0.486 e. The van der Waals surface area contributed by atoms with E-state index in [9.17, 15) is 9.59 Å². The second-order valence-corrected chi connectivity index (χ2v) is 8.08. The first-order valence-corrected chi connectivity index (χ1v) is 10.8. The third kappa shape index (κ3) is 4.59. The lowest BCUT2D eigenvalue weighted by Gasteiger charge is -2.43. The van der Waals surface area contributed by atoms with Crippen molar-refractivity contribution in [3.63, 3.8) is 0 Å². The molecule has 0 aliphatic carbocycles. The van der Waals surface area contributed by atoms with Gasteiger partial charge in [-0.05, 0) is 38.1 Å². The molecule has 0 spiro atoms. The highest BCUT2D eigenvalue weighted by Gasteiger charge is 2.39. The monoisotopic (exact) mass is 440 g/mol. The Kier molecular flexibility index (Phi) is 6.39. The Hall–Kier alpha value is -3.42. The number of nitrogens with zero attached hydrogens (tertiary/aromatic N) is 1. The number of primary amides is 1. The third-order valence-corrected chi connectivity index (χ3v) is 5.89. The number of rotatable bonds is 7. The van der Waals surface area contributed by atoms with Crippen molar-refractivity contribution in [3.05, 3.63) is 48.5 Å². The number of amides is 2. The zero-order chi connectivity index (χ0) is 22.7. The molecule has 8 heteroatoms. The molecule has 2 aliphatic rings. The molecule has 2 N–H and O–H groups in total. The van der Waals surface area contributed by atoms with E-state index in [0.717, 1.165) is 0 Å². The lowest BCUT2D eigenvalue weighted by Crippen LogP contribution is -2.58. The minimum absolute atomic E-state index is 0.0122. The summed E-state index contributed by atoms with van der Waals surface area (Å²) in [7, 11) is 0. The molecule has 0 aromatic heterocycles. The number of fused-ring (bicyclic) bond motifs is 2. The van der Waals surface area contributed by atoms with Gasteiger partial charge in [0.15, 0.2) is 35.2 Å². The number of carbonyl (C=O) groups is 2. The molecule has 0 radical (unpaired) electrons. The molecule has 2 amide bonds. The zero-order valence-corrected chi connectivity index (χ0v) is 18.2. The highest BCUT2D eigenvalue weighted by molar-refractivity contribution is 5.83. The van der Waals surface area contributed by atoms with Gasteiger partial charge in [0.2, 0.25) is 11.8 Å². The summed E-state index contributed by atoms with van der Waals surface area (Å²) in [5.74, 6) is 1.91. The molecule has 170 valence electrons. The van der Waals surface area contributed by atoms with E-state index in [1.807, 2.05) is 62.4 Å². The summed E-state index contributed by atoms with van der Waals surface area (Å²) in [6.07, 6.45) is -0.786. The predicted molar refractivity (Wildman–Crippen MR) is 117 cm³/mol. The quantitative estimate of drug-likeness (QED) is 0.710. The average Bonchev–Trinajstić information content (AvgIpc) is 2.82. The van der Waals surface area contributed by atoms with E-state index >= 15 is 0 Å². The normalized spacial score (nSPS) is 20.7. The number of hydrogen-bond donors (Lipinski definition) is 1. The maximum absolute atomic E-state index is 13.2. The molecule has 2 aliphatic heterocycles. The third-order valence-electron chi connectivity index (χ3n) is 5.89. The van der Waals surface area contributed by atoms with Gasteiger partial charge in [0.25, 0.3) is 0 Å². The summed E-state index contributed by atoms with van der Waals surface area (Å²) in [6, 6.07) is 14.2. The van der Waals surface area contributed by atoms with Crippen LogP contribution in [0, 0.1) is 0 Å². The molecule has 2 heterocycles. The van der Waals surface area contributed by atoms with Gasteiger partial charge in [-0.1, -0.05) is 24.3 Å². The van der Waals surface area contributed by atoms with Crippen molar-refractivity contribution < 1.29 is 28.5 Å². The van der Waals surface area contributed by atoms with Gasteiger partial charge in [-0.25, -0.2) is 0 Å². The molecule has 4 unspecified atom stereocenters. The van der Waals surface area contributed by atoms with Gasteiger partial charge in [-0.3, -0.25) is 9.59 Å². The highest BCUT2D eigenvalue weighted by atomic mass is 16.6. The van der Waals surface area contributed by atoms with Crippen molar-refractivity contribution >= 4 is 11.8 Å². The van der Waals surface area contributed by atoms with Crippen molar-refractivity contribution in [1.29, 1.82) is 0 Å². The van der Waals surface area contributed by atoms with Crippen LogP contribution in [-0.2, 0) is 9.59 Å². The Morgan fingerprint density at radius 3 is 1.72 bits per heavy atom. The van der Waals surface area contributed by atoms with Gasteiger partial charge in [-0.2, -0.15) is 0 Å². The van der Waals surface area contributed by atoms with Crippen molar-refractivity contribution in [2.45, 2.75) is 51.0 Å². The first-order chi connectivity index (χ1) is 15.4. The summed E-state index contributed by atoms with van der Waals surface area (Å²) >= 11 is 0. The highest BCUT2D eigenvalue weighted by Crippen LogP contribution is 2.35. The van der Waals surface area contributed by atoms with E-state index in [1.54, 1.807) is 4.90 Å². The molecule has 32 heavy (non-hydrogen) atoms. The van der Waals surface area contributed by atoms with Crippen LogP contribution < -0.4 is 24.7 Å². The van der Waals surface area contributed by atoms with E-state index in [4.69, 9.17) is 24.7 Å². The first kappa shape index (κ1) is 21.8. The predicted octanol–water partition coefficient (Wildman–Crippen LogP) is 2.54. The summed E-state index contributed by atoms with van der Waals surface area (Å²) in [6.45, 7) is 4.43. The van der Waals surface area contributed by atoms with Gasteiger partial charge in [0.05, 0.1) is 12.1 Å². The lowest BCUT2D eigenvalue weighted by atomic mass is 10.0. The standard InChI is InChI=1S/C24H28N2O6/c1-15(21-13-29-17-7-3-5-9-19(17)31-21)26(24(28)12-11-23(25)27)16(2)22-14-30-18-8-4-6-10-20(18)32-22/h3-10,15-16,21-22H,11-14H2,1-2H3,(H2,25,27). The Balaban J connectivity index is 1.54. The molecule has 0 saturated carbocycles. The molecule has 0 saturated heterocycles. The second kappa shape index (κ2) is 9.38. The number of para-hydroxylation sites is 4. The number of ether oxygens (including phenoxy) is 4. The maximum Gasteiger partial charge on any atom is 0.223 e. The maximum atomic E-state index is 13.2. The van der Waals surface area contributed by atoms with E-state index in [0.29, 0.717) is 36.2 Å². The van der Waals surface area contributed by atoms with Crippen LogP contribution in [0.25, 0.3) is 0 Å². The van der Waals surface area contributed by atoms with Gasteiger partial charge >= 0.3 is 0 Å². The molecule has 4 rings (SSSR count). The SMILES string of the molecule is CC(C1COc2ccccc2O1)N(C(=O)CCC(N)=O)C(C)C1COc2ccccc2O1. The van der Waals surface area contributed by atoms with Crippen LogP contribution in [0.1, 0.15) is 26.7 Å². The Morgan fingerprint density at radius 2 is 1.28 bits per heavy atom. The van der Waals surface area contributed by atoms with Crippen molar-refractivity contribution in [1.82, 2.24) is 4.90 Å². The average molecular weight is 440 g/mol. The summed E-state index contributed by atoms with van der Waals surface area (Å²) in [4.78, 5) is 26.3. The van der Waals surface area contributed by atoms with Crippen LogP contribution in [0.3, 0.4) is 0 Å². The van der Waals surface area contributed by atoms with Gasteiger partial charge in [-0.15, -0.1) is 0 Å². The fourth-order valence-corrected chi connectivity index (χ4v) is 4.09. The van der Waals surface area contributed by atoms with Crippen LogP contribution in [-0.4, -0.2) is 54.2 Å². The van der Waals surface area contributed by atoms with Gasteiger partial charge in [0, 0.05) is 12.8 Å². The second-order valence-electron chi connectivity index (χ2n) is 8.08. The Labute approximate surface area is 187 Å². The molecule has 2 aromatic rings. The molecular formula is C24H28N2O6. The van der Waals surface area contributed by atoms with Crippen LogP contribution in [0.15, 0.2) is 48.5 Å². The fourth-order valence-electron chi connectivity index (χ4n) is 4.09. The Bertz CT molecular complexity index is 917. The summed E-state index contributed by atoms with van der Waals surface area (Å²) < 4.78 is 24.1. The molecular weight excluding hydrogens is 412 g/mol. The largest absolute Gasteiger partial charge is 0.486 e. The smallest absolute Gasteiger partial charge is 0.223 e. The topological polar surface area (TPSA) is 100 Å². The lowest BCUT2D eigenvalue weighted by molar-refractivity contribution is -0.143. The molecule has 2 aromatic carbocycles. The number of benzene rings is 2. The fraction of sp³-hybridized carbons (Fsp3) is 0.417. The molecule has 0 fully saturated rings. The number of nitrogens with two attached hydrogens (primary N) is 1. The van der Waals surface area contributed by atoms with E-state index < -0.39 is 5.91 Å². The van der Waals surface area contributed by atoms with E-state index in [2.05, 4.69) is 0 Å². The van der Waals surface area contributed by atoms with Crippen LogP contribution in [0.2, 0.25) is 0 Å². The van der Waals surface area contributed by atoms with Gasteiger partial charge in [0.1, 0.15) is 13.2 Å². The van der Waals surface area contributed by atoms with E-state index in [1.165, 1.54) is 0 Å². The zero-order valence-electron chi connectivity index (χ0n) is 18.2. The molecule has 4 atom stereocenters. The van der Waals surface area contributed by atoms with Crippen molar-refractivity contribution in [2.24, 2.45) is 5.73 Å². The van der Waals surface area contributed by atoms with Crippen LogP contribution in [0.5, 0.6) is 23.0 Å². The minimum atomic E-state index is -0.518.